The molecule has 0 unspecified atom stereocenters. The zero-order valence-corrected chi connectivity index (χ0v) is 22.3. The number of unbranched alkanes of at least 4 members (excludes halogenated alkanes) is 3. The highest BCUT2D eigenvalue weighted by Gasteiger charge is 2.35. The number of phenolic OH excluding ortho intramolecular Hbond substituents is 1. The maximum Gasteiger partial charge on any atom is 0.340 e. The number of esters is 1. The molecule has 0 bridgehead atoms. The predicted octanol–water partition coefficient (Wildman–Crippen LogP) is 6.05. The number of pyridine rings is 2. The molecule has 36 heavy (non-hydrogen) atoms. The smallest absolute Gasteiger partial charge is 0.340 e. The van der Waals surface area contributed by atoms with Crippen LogP contribution in [0.4, 0.5) is 0 Å². The number of ether oxygens (including phenoxy) is 2. The monoisotopic (exact) mass is 494 g/mol. The van der Waals surface area contributed by atoms with Gasteiger partial charge in [0.1, 0.15) is 12.4 Å². The van der Waals surface area contributed by atoms with Crippen LogP contribution in [0.1, 0.15) is 88.7 Å². The Morgan fingerprint density at radius 1 is 1.08 bits per heavy atom. The Kier molecular flexibility index (Phi) is 9.26. The molecule has 0 amide bonds. The van der Waals surface area contributed by atoms with Gasteiger partial charge in [0.15, 0.2) is 6.10 Å². The third-order valence-corrected chi connectivity index (χ3v) is 6.58. The highest BCUT2D eigenvalue weighted by molar-refractivity contribution is 5.89. The van der Waals surface area contributed by atoms with Gasteiger partial charge in [0, 0.05) is 23.6 Å². The van der Waals surface area contributed by atoms with E-state index >= 15 is 0 Å². The van der Waals surface area contributed by atoms with Gasteiger partial charge < -0.3 is 19.1 Å². The maximum absolute atomic E-state index is 13.1. The van der Waals surface area contributed by atoms with Gasteiger partial charge in [-0.2, -0.15) is 0 Å². The molecule has 0 saturated heterocycles. The van der Waals surface area contributed by atoms with Crippen molar-refractivity contribution >= 4 is 16.9 Å². The predicted molar refractivity (Wildman–Crippen MR) is 142 cm³/mol. The van der Waals surface area contributed by atoms with Gasteiger partial charge in [0.2, 0.25) is 0 Å². The third kappa shape index (κ3) is 5.03. The van der Waals surface area contributed by atoms with E-state index in [4.69, 9.17) is 14.5 Å². The lowest BCUT2D eigenvalue weighted by Crippen LogP contribution is -2.33. The first-order valence-corrected chi connectivity index (χ1v) is 13.1. The number of methoxy groups -OCH3 is 1. The lowest BCUT2D eigenvalue weighted by molar-refractivity contribution is -0.159. The van der Waals surface area contributed by atoms with E-state index in [-0.39, 0.29) is 17.9 Å². The van der Waals surface area contributed by atoms with E-state index < -0.39 is 12.1 Å². The Bertz CT molecular complexity index is 1290. The summed E-state index contributed by atoms with van der Waals surface area (Å²) in [7, 11) is 1.42. The number of aromatic nitrogens is 2. The second-order valence-electron chi connectivity index (χ2n) is 8.76. The molecule has 2 aromatic heterocycles. The van der Waals surface area contributed by atoms with Crippen LogP contribution >= 0.6 is 0 Å². The Labute approximate surface area is 213 Å². The molecule has 4 heterocycles. The fourth-order valence-electron chi connectivity index (χ4n) is 4.81. The molecule has 7 nitrogen and oxygen atoms in total. The molecule has 0 radical (unpaired) electrons. The van der Waals surface area contributed by atoms with Gasteiger partial charge >= 0.3 is 5.97 Å². The molecule has 3 aromatic rings. The summed E-state index contributed by atoms with van der Waals surface area (Å²) in [6, 6.07) is 6.92. The lowest BCUT2D eigenvalue weighted by Gasteiger charge is -2.24. The Balaban J connectivity index is 0.000000399. The summed E-state index contributed by atoms with van der Waals surface area (Å²) in [5.41, 5.74) is 5.03. The largest absolute Gasteiger partial charge is 0.508 e. The highest BCUT2D eigenvalue weighted by Crippen LogP contribution is 2.39. The minimum absolute atomic E-state index is 0.0482. The summed E-state index contributed by atoms with van der Waals surface area (Å²) < 4.78 is 12.1. The van der Waals surface area contributed by atoms with Gasteiger partial charge in [-0.15, -0.1) is 0 Å². The fourth-order valence-corrected chi connectivity index (χ4v) is 4.81. The normalized spacial score (nSPS) is 15.1. The van der Waals surface area contributed by atoms with Crippen LogP contribution in [0, 0.1) is 0 Å². The number of nitrogens with zero attached hydrogens (tertiary/aromatic N) is 2. The molecule has 1 N–H and O–H groups in total. The minimum Gasteiger partial charge on any atom is -0.508 e. The number of carbonyl (C=O) groups excluding carboxylic acids is 1. The van der Waals surface area contributed by atoms with E-state index in [1.54, 1.807) is 22.8 Å². The average molecular weight is 495 g/mol. The molecule has 2 aliphatic heterocycles. The van der Waals surface area contributed by atoms with E-state index in [1.807, 2.05) is 26.8 Å². The first-order valence-electron chi connectivity index (χ1n) is 13.1. The molecular formula is C29H38N2O5. The SMILES string of the molecule is CC.CCCCCC.CCc1c2c(nc3ccc(O)cc13)-c1cc3c(c(=O)n1C2)COC(=O)[C@H]3OC. The van der Waals surface area contributed by atoms with Crippen LogP contribution < -0.4 is 5.56 Å². The summed E-state index contributed by atoms with van der Waals surface area (Å²) in [6.07, 6.45) is 5.37. The summed E-state index contributed by atoms with van der Waals surface area (Å²) >= 11 is 0. The van der Waals surface area contributed by atoms with Gasteiger partial charge in [0.05, 0.1) is 29.0 Å². The van der Waals surface area contributed by atoms with E-state index in [2.05, 4.69) is 13.8 Å². The number of hydrogen-bond donors (Lipinski definition) is 1. The van der Waals surface area contributed by atoms with Gasteiger partial charge in [-0.3, -0.25) is 4.79 Å². The number of hydrogen-bond acceptors (Lipinski definition) is 6. The Hall–Kier alpha value is -3.19. The number of phenols is 1. The van der Waals surface area contributed by atoms with Crippen molar-refractivity contribution in [1.29, 1.82) is 0 Å². The summed E-state index contributed by atoms with van der Waals surface area (Å²) in [5, 5.41) is 10.8. The zero-order chi connectivity index (χ0) is 26.4. The third-order valence-electron chi connectivity index (χ3n) is 6.58. The van der Waals surface area contributed by atoms with E-state index in [9.17, 15) is 14.7 Å². The van der Waals surface area contributed by atoms with Crippen molar-refractivity contribution in [1.82, 2.24) is 9.55 Å². The molecule has 0 fully saturated rings. The van der Waals surface area contributed by atoms with Crippen molar-refractivity contribution in [3.63, 3.8) is 0 Å². The van der Waals surface area contributed by atoms with Crippen LogP contribution in [0.3, 0.4) is 0 Å². The highest BCUT2D eigenvalue weighted by atomic mass is 16.6. The Morgan fingerprint density at radius 3 is 2.39 bits per heavy atom. The second kappa shape index (κ2) is 12.2. The van der Waals surface area contributed by atoms with Crippen LogP contribution in [-0.4, -0.2) is 27.7 Å². The number of aromatic hydroxyl groups is 1. The summed E-state index contributed by atoms with van der Waals surface area (Å²) in [4.78, 5) is 30.0. The second-order valence-corrected chi connectivity index (χ2v) is 8.76. The number of carbonyl (C=O) groups is 1. The molecule has 0 saturated carbocycles. The number of fused-ring (bicyclic) bond motifs is 5. The number of cyclic esters (lactones) is 1. The van der Waals surface area contributed by atoms with Gasteiger partial charge in [0.25, 0.3) is 5.56 Å². The van der Waals surface area contributed by atoms with Crippen molar-refractivity contribution in [3.8, 4) is 17.1 Å². The van der Waals surface area contributed by atoms with Crippen LogP contribution in [0.5, 0.6) is 5.75 Å². The summed E-state index contributed by atoms with van der Waals surface area (Å²) in [6.45, 7) is 10.9. The van der Waals surface area contributed by atoms with Gasteiger partial charge in [-0.1, -0.05) is 60.3 Å². The zero-order valence-electron chi connectivity index (χ0n) is 22.3. The van der Waals surface area contributed by atoms with Crippen LogP contribution in [0.15, 0.2) is 29.1 Å². The number of aryl methyl sites for hydroxylation is 1. The molecule has 0 spiro atoms. The molecule has 1 aromatic carbocycles. The van der Waals surface area contributed by atoms with Crippen molar-refractivity contribution in [2.45, 2.75) is 86.0 Å². The molecule has 2 aliphatic rings. The number of rotatable bonds is 5. The first kappa shape index (κ1) is 27.4. The van der Waals surface area contributed by atoms with Crippen LogP contribution in [0.2, 0.25) is 0 Å². The van der Waals surface area contributed by atoms with Crippen molar-refractivity contribution in [3.05, 3.63) is 56.9 Å². The molecule has 1 atom stereocenters. The molecule has 0 aliphatic carbocycles. The van der Waals surface area contributed by atoms with Crippen molar-refractivity contribution in [2.24, 2.45) is 0 Å². The van der Waals surface area contributed by atoms with E-state index in [1.165, 1.54) is 32.8 Å². The molecule has 5 rings (SSSR count). The van der Waals surface area contributed by atoms with Gasteiger partial charge in [-0.25, -0.2) is 9.78 Å². The standard InChI is InChI=1S/C21H18N2O5.C6H14.C2H6/c1-3-11-12-6-10(24)4-5-16(12)22-18-14(11)8-23-17(18)7-13-15(20(23)25)9-28-21(26)19(13)27-2;1-3-5-6-4-2;1-2/h4-7,19,24H,3,8-9H2,1-2H3;3-6H2,1-2H3;1-2H3/t19-;;/m0../s1. The van der Waals surface area contributed by atoms with Crippen molar-refractivity contribution in [2.75, 3.05) is 7.11 Å². The average Bonchev–Trinajstić information content (AvgIpc) is 3.26. The molecule has 7 heteroatoms. The summed E-state index contributed by atoms with van der Waals surface area (Å²) in [5.74, 6) is -0.306. The van der Waals surface area contributed by atoms with Crippen molar-refractivity contribution < 1.29 is 19.4 Å². The molecular weight excluding hydrogens is 456 g/mol. The van der Waals surface area contributed by atoms with Crippen LogP contribution in [-0.2, 0) is 33.8 Å². The Morgan fingerprint density at radius 2 is 1.78 bits per heavy atom. The van der Waals surface area contributed by atoms with Crippen LogP contribution in [0.25, 0.3) is 22.3 Å². The van der Waals surface area contributed by atoms with E-state index in [0.29, 0.717) is 23.4 Å². The maximum atomic E-state index is 13.1. The fraction of sp³-hybridized carbons (Fsp3) is 0.483. The quantitative estimate of drug-likeness (QED) is 0.268. The van der Waals surface area contributed by atoms with E-state index in [0.717, 1.165) is 34.1 Å². The lowest BCUT2D eigenvalue weighted by atomic mass is 9.97. The minimum atomic E-state index is -0.908. The topological polar surface area (TPSA) is 90.7 Å². The molecule has 194 valence electrons. The first-order chi connectivity index (χ1) is 17.4. The number of benzene rings is 1. The van der Waals surface area contributed by atoms with Gasteiger partial charge in [-0.05, 0) is 36.2 Å².